The predicted molar refractivity (Wildman–Crippen MR) is 287 cm³/mol. The third-order valence-electron chi connectivity index (χ3n) is 23.4. The Labute approximate surface area is 451 Å². The molecule has 10 aliphatic carbocycles. The van der Waals surface area contributed by atoms with Crippen molar-refractivity contribution in [2.45, 2.75) is 221 Å². The molecule has 1 saturated heterocycles. The zero-order valence-electron chi connectivity index (χ0n) is 45.9. The van der Waals surface area contributed by atoms with Crippen LogP contribution in [0.3, 0.4) is 0 Å². The fraction of sp³-hybridized carbons (Fsp3) is 0.820. The van der Waals surface area contributed by atoms with Gasteiger partial charge >= 0.3 is 0 Å². The molecular formula is C61H94N4O11. The van der Waals surface area contributed by atoms with Crippen LogP contribution in [0.4, 0.5) is 0 Å². The number of carbonyl (C=O) groups is 1. The highest BCUT2D eigenvalue weighted by Gasteiger charge is 2.85. The van der Waals surface area contributed by atoms with Crippen molar-refractivity contribution in [3.05, 3.63) is 59.0 Å². The molecule has 0 amide bonds. The van der Waals surface area contributed by atoms with Crippen molar-refractivity contribution < 1.29 is 55.5 Å². The zero-order valence-corrected chi connectivity index (χ0v) is 45.9. The number of aliphatic hydroxyl groups excluding tert-OH is 5. The third-order valence-corrected chi connectivity index (χ3v) is 23.4. The average Bonchev–Trinajstić information content (AvgIpc) is 3.73. The molecule has 2 spiro atoms. The number of ketones is 1. The molecular weight excluding hydrogens is 965 g/mol. The lowest BCUT2D eigenvalue weighted by Crippen LogP contribution is -2.78. The summed E-state index contributed by atoms with van der Waals surface area (Å²) < 4.78 is 7.19. The van der Waals surface area contributed by atoms with Gasteiger partial charge in [0.15, 0.2) is 5.78 Å². The minimum atomic E-state index is -1.97. The number of hydrogen-bond acceptors (Lipinski definition) is 15. The first kappa shape index (κ1) is 55.4. The van der Waals surface area contributed by atoms with Crippen molar-refractivity contribution in [3.63, 3.8) is 0 Å². The topological polar surface area (TPSA) is 270 Å². The van der Waals surface area contributed by atoms with E-state index in [-0.39, 0.29) is 87.5 Å². The first-order valence-electron chi connectivity index (χ1n) is 30.1. The molecule has 15 heteroatoms. The number of hydrogen-bond donors (Lipinski definition) is 13. The Morgan fingerprint density at radius 3 is 2.38 bits per heavy atom. The van der Waals surface area contributed by atoms with Gasteiger partial charge in [-0.25, -0.2) is 0 Å². The quantitative estimate of drug-likeness (QED) is 0.109. The monoisotopic (exact) mass is 1060 g/mol. The molecule has 20 atom stereocenters. The molecule has 12 rings (SSSR count). The molecule has 14 N–H and O–H groups in total. The summed E-state index contributed by atoms with van der Waals surface area (Å²) in [4.78, 5) is 16.2. The fourth-order valence-electron chi connectivity index (χ4n) is 20.3. The number of aliphatic hydroxyl groups is 9. The molecule has 0 radical (unpaired) electrons. The lowest BCUT2D eigenvalue weighted by Gasteiger charge is -2.74. The highest BCUT2D eigenvalue weighted by molar-refractivity contribution is 6.01. The Morgan fingerprint density at radius 1 is 0.921 bits per heavy atom. The van der Waals surface area contributed by atoms with Gasteiger partial charge in [0, 0.05) is 52.5 Å². The normalized spacial score (nSPS) is 49.6. The van der Waals surface area contributed by atoms with E-state index in [0.717, 1.165) is 69.2 Å². The standard InChI is InChI=1S/C61H94N4O11/c1-5-8-36-13-17-39-46(19-14-36)76-53-49(39)43(68)10-6-22-61(53,75)54(3,72)47-21-23-60(74)52-50(64-31-35(2)67)51(71)41-29-44(69)45(70)30-56(41)33-55(40-18-20-48(62)65-42(40)9-7-28-66)24-26-57(73,59(52,56)27-25-55)34-58(47,60)38-15-11-37(12-16-38)32-63-4/h18,20,24-27,35-39,41,43-49,53,63-70,72-75H,5-17,19,21-23,28-34,62H2,1-4H3/t35-,36-,37?,38?,39+,41-,43+,44+,45-,46+,47+,48?,49+,53+,54+,55+,56+,57-,58-,59-,60+,61+/m0/s1. The van der Waals surface area contributed by atoms with Gasteiger partial charge in [-0.05, 0) is 184 Å². The summed E-state index contributed by atoms with van der Waals surface area (Å²) in [7, 11) is 1.96. The number of nitrogens with one attached hydrogen (secondary N) is 3. The van der Waals surface area contributed by atoms with Gasteiger partial charge in [-0.1, -0.05) is 56.6 Å². The van der Waals surface area contributed by atoms with Crippen LogP contribution in [0, 0.1) is 63.1 Å². The molecule has 15 nitrogen and oxygen atoms in total. The molecule has 0 aromatic rings. The highest BCUT2D eigenvalue weighted by Crippen LogP contribution is 2.83. The minimum Gasteiger partial charge on any atom is -0.396 e. The van der Waals surface area contributed by atoms with Crippen LogP contribution in [0.2, 0.25) is 0 Å². The van der Waals surface area contributed by atoms with Crippen molar-refractivity contribution in [2.24, 2.45) is 68.8 Å². The molecule has 2 aliphatic heterocycles. The van der Waals surface area contributed by atoms with Crippen LogP contribution in [-0.4, -0.2) is 144 Å². The van der Waals surface area contributed by atoms with Gasteiger partial charge in [-0.2, -0.15) is 0 Å². The molecule has 2 bridgehead atoms. The van der Waals surface area contributed by atoms with Crippen molar-refractivity contribution in [3.8, 4) is 0 Å². The molecule has 0 aromatic carbocycles. The Morgan fingerprint density at radius 2 is 1.66 bits per heavy atom. The second kappa shape index (κ2) is 19.9. The summed E-state index contributed by atoms with van der Waals surface area (Å²) in [6.07, 6.45) is 17.6. The van der Waals surface area contributed by atoms with E-state index in [4.69, 9.17) is 10.5 Å². The van der Waals surface area contributed by atoms with Crippen molar-refractivity contribution in [1.82, 2.24) is 16.0 Å². The zero-order chi connectivity index (χ0) is 54.0. The third kappa shape index (κ3) is 7.79. The van der Waals surface area contributed by atoms with E-state index < -0.39 is 98.5 Å². The van der Waals surface area contributed by atoms with E-state index in [9.17, 15) is 40.9 Å². The van der Waals surface area contributed by atoms with E-state index in [1.54, 1.807) is 13.8 Å². The van der Waals surface area contributed by atoms with Gasteiger partial charge in [0.2, 0.25) is 0 Å². The lowest BCUT2D eigenvalue weighted by atomic mass is 9.31. The van der Waals surface area contributed by atoms with Crippen molar-refractivity contribution >= 4 is 5.78 Å². The Kier molecular flexibility index (Phi) is 14.5. The summed E-state index contributed by atoms with van der Waals surface area (Å²) in [5.74, 6) is -1.94. The summed E-state index contributed by atoms with van der Waals surface area (Å²) in [6, 6.07) is 0. The second-order valence-corrected chi connectivity index (χ2v) is 27.1. The van der Waals surface area contributed by atoms with Gasteiger partial charge in [-0.3, -0.25) is 4.79 Å². The van der Waals surface area contributed by atoms with E-state index in [2.05, 4.69) is 35.0 Å². The summed E-state index contributed by atoms with van der Waals surface area (Å²) in [5, 5.41) is 126. The van der Waals surface area contributed by atoms with Gasteiger partial charge < -0.3 is 72.4 Å². The molecule has 424 valence electrons. The molecule has 6 saturated carbocycles. The van der Waals surface area contributed by atoms with E-state index in [1.807, 2.05) is 31.4 Å². The van der Waals surface area contributed by atoms with Crippen LogP contribution in [0.1, 0.15) is 156 Å². The van der Waals surface area contributed by atoms with E-state index >= 15 is 9.90 Å². The predicted octanol–water partition coefficient (Wildman–Crippen LogP) is 4.19. The Bertz CT molecular complexity index is 2380. The minimum absolute atomic E-state index is 0.0127. The maximum absolute atomic E-state index is 16.2. The van der Waals surface area contributed by atoms with Crippen LogP contribution in [0.5, 0.6) is 0 Å². The Hall–Kier alpha value is -2.51. The summed E-state index contributed by atoms with van der Waals surface area (Å²) in [5.41, 5.74) is -4.30. The molecule has 1 unspecified atom stereocenters. The highest BCUT2D eigenvalue weighted by atomic mass is 16.5. The number of carbonyl (C=O) groups excluding carboxylic acids is 1. The maximum Gasteiger partial charge on any atom is 0.182 e. The van der Waals surface area contributed by atoms with Crippen LogP contribution in [-0.2, 0) is 9.53 Å². The first-order chi connectivity index (χ1) is 36.2. The van der Waals surface area contributed by atoms with Crippen LogP contribution >= 0.6 is 0 Å². The molecule has 2 heterocycles. The number of fused-ring (bicyclic) bond motifs is 5. The van der Waals surface area contributed by atoms with E-state index in [1.165, 1.54) is 0 Å². The van der Waals surface area contributed by atoms with E-state index in [0.29, 0.717) is 55.9 Å². The van der Waals surface area contributed by atoms with Gasteiger partial charge in [-0.15, -0.1) is 0 Å². The lowest BCUT2D eigenvalue weighted by molar-refractivity contribution is -0.285. The number of Topliss-reactive ketones (excluding diaryl/α,β-unsaturated/α-hetero) is 1. The van der Waals surface area contributed by atoms with Gasteiger partial charge in [0.1, 0.15) is 5.60 Å². The average molecular weight is 1060 g/mol. The molecule has 0 aromatic heterocycles. The number of nitrogens with two attached hydrogens (primary N) is 1. The van der Waals surface area contributed by atoms with Crippen LogP contribution in [0.15, 0.2) is 59.0 Å². The molecule has 7 fully saturated rings. The largest absolute Gasteiger partial charge is 0.396 e. The second-order valence-electron chi connectivity index (χ2n) is 27.1. The SMILES string of the molecule is CCC[C@H]1CC[C@H]2[C@@H]3[C@H](O)CCC[C@](O)([C@](C)(O)[C@H]4CC[C@@]5(O)C6=C(NC[C@H](C)O)C(=O)[C@@H]7C[C@@H](O)[C@@H](O)C[C@@]78C[C@]7(C9=C(CCCO)NC(N)C=C9)C=C[C@]68[C@](O)(C=C7)C[C@]45C4CCC(CNC)CC4)[C@@H]3O[C@@H]2CC1. The number of rotatable bonds is 14. The molecule has 12 aliphatic rings. The molecule has 76 heavy (non-hydrogen) atoms. The summed E-state index contributed by atoms with van der Waals surface area (Å²) >= 11 is 0. The summed E-state index contributed by atoms with van der Waals surface area (Å²) in [6.45, 7) is 6.32. The van der Waals surface area contributed by atoms with Gasteiger partial charge in [0.05, 0.1) is 70.7 Å². The number of allylic oxidation sites excluding steroid dienone is 6. The Balaban J connectivity index is 1.15. The van der Waals surface area contributed by atoms with Crippen molar-refractivity contribution in [1.29, 1.82) is 0 Å². The van der Waals surface area contributed by atoms with Gasteiger partial charge in [0.25, 0.3) is 0 Å². The van der Waals surface area contributed by atoms with Crippen LogP contribution in [0.25, 0.3) is 0 Å². The van der Waals surface area contributed by atoms with Crippen LogP contribution < -0.4 is 21.7 Å². The number of dihydropyridines is 1. The first-order valence-corrected chi connectivity index (χ1v) is 30.1. The smallest absolute Gasteiger partial charge is 0.182 e. The maximum atomic E-state index is 16.2. The van der Waals surface area contributed by atoms with Crippen molar-refractivity contribution in [2.75, 3.05) is 26.7 Å². The number of ether oxygens (including phenoxy) is 1. The fourth-order valence-corrected chi connectivity index (χ4v) is 20.3.